The first-order valence-corrected chi connectivity index (χ1v) is 11.2. The topological polar surface area (TPSA) is 60.7 Å². The molecule has 6 heteroatoms. The lowest BCUT2D eigenvalue weighted by molar-refractivity contribution is -0.116. The number of halogens is 1. The van der Waals surface area contributed by atoms with E-state index in [1.54, 1.807) is 38.7 Å². The van der Waals surface area contributed by atoms with Crippen LogP contribution in [0.15, 0.2) is 71.4 Å². The molecule has 1 aromatic heterocycles. The van der Waals surface area contributed by atoms with E-state index in [4.69, 9.17) is 25.5 Å². The van der Waals surface area contributed by atoms with E-state index < -0.39 is 0 Å². The van der Waals surface area contributed by atoms with Crippen molar-refractivity contribution in [3.8, 4) is 22.6 Å². The van der Waals surface area contributed by atoms with E-state index in [9.17, 15) is 4.79 Å². The number of carbonyl (C=O) groups is 1. The number of nitrogens with one attached hydrogen (secondary N) is 1. The van der Waals surface area contributed by atoms with E-state index in [0.29, 0.717) is 17.3 Å². The number of hydrogen-bond acceptors (Lipinski definition) is 4. The fraction of sp³-hybridized carbons (Fsp3) is 0.179. The van der Waals surface area contributed by atoms with Gasteiger partial charge in [0, 0.05) is 45.3 Å². The molecule has 0 unspecified atom stereocenters. The molecular weight excluding hydrogens is 450 g/mol. The molecule has 0 fully saturated rings. The van der Waals surface area contributed by atoms with E-state index in [2.05, 4.69) is 5.32 Å². The van der Waals surface area contributed by atoms with Gasteiger partial charge in [0.15, 0.2) is 0 Å². The van der Waals surface area contributed by atoms with Gasteiger partial charge in [-0.05, 0) is 49.2 Å². The minimum atomic E-state index is -0.190. The van der Waals surface area contributed by atoms with Gasteiger partial charge >= 0.3 is 0 Å². The van der Waals surface area contributed by atoms with Crippen molar-refractivity contribution in [2.75, 3.05) is 14.2 Å². The maximum Gasteiger partial charge on any atom is 0.244 e. The SMILES string of the molecule is COc1ccccc1-c1coc2c(C)c(OC)c(/C(C)=C/C(=O)NCc3ccc(Cl)cc3)cc12. The molecule has 4 rings (SSSR count). The number of methoxy groups -OCH3 is 2. The molecular formula is C28H26ClNO4. The van der Waals surface area contributed by atoms with Gasteiger partial charge in [-0.2, -0.15) is 0 Å². The summed E-state index contributed by atoms with van der Waals surface area (Å²) in [6.07, 6.45) is 3.32. The van der Waals surface area contributed by atoms with Crippen LogP contribution in [-0.4, -0.2) is 20.1 Å². The van der Waals surface area contributed by atoms with Crippen LogP contribution in [0.2, 0.25) is 5.02 Å². The second-order valence-electron chi connectivity index (χ2n) is 7.98. The van der Waals surface area contributed by atoms with Crippen molar-refractivity contribution in [2.45, 2.75) is 20.4 Å². The Bertz CT molecular complexity index is 1370. The largest absolute Gasteiger partial charge is 0.496 e. The molecule has 0 bridgehead atoms. The summed E-state index contributed by atoms with van der Waals surface area (Å²) in [7, 11) is 3.27. The minimum Gasteiger partial charge on any atom is -0.496 e. The van der Waals surface area contributed by atoms with Crippen LogP contribution in [0, 0.1) is 6.92 Å². The van der Waals surface area contributed by atoms with Crippen LogP contribution in [0.4, 0.5) is 0 Å². The van der Waals surface area contributed by atoms with Gasteiger partial charge in [0.2, 0.25) is 5.91 Å². The van der Waals surface area contributed by atoms with Crippen molar-refractivity contribution in [2.24, 2.45) is 0 Å². The maximum atomic E-state index is 12.6. The summed E-state index contributed by atoms with van der Waals surface area (Å²) in [4.78, 5) is 12.6. The van der Waals surface area contributed by atoms with E-state index in [0.717, 1.165) is 50.1 Å². The summed E-state index contributed by atoms with van der Waals surface area (Å²) < 4.78 is 17.2. The first-order valence-electron chi connectivity index (χ1n) is 10.9. The highest BCUT2D eigenvalue weighted by Crippen LogP contribution is 2.42. The lowest BCUT2D eigenvalue weighted by Gasteiger charge is -2.14. The average Bonchev–Trinajstić information content (AvgIpc) is 3.27. The number of furan rings is 1. The quantitative estimate of drug-likeness (QED) is 0.299. The molecule has 3 aromatic carbocycles. The molecule has 1 amide bonds. The molecule has 174 valence electrons. The zero-order chi connectivity index (χ0) is 24.2. The van der Waals surface area contributed by atoms with Gasteiger partial charge in [0.05, 0.1) is 20.5 Å². The summed E-state index contributed by atoms with van der Waals surface area (Å²) in [5.41, 5.74) is 6.03. The van der Waals surface area contributed by atoms with Crippen molar-refractivity contribution in [1.82, 2.24) is 5.32 Å². The second-order valence-corrected chi connectivity index (χ2v) is 8.42. The first-order chi connectivity index (χ1) is 16.4. The second kappa shape index (κ2) is 10.1. The molecule has 0 aliphatic rings. The van der Waals surface area contributed by atoms with Crippen molar-refractivity contribution >= 4 is 34.1 Å². The molecule has 0 atom stereocenters. The number of aryl methyl sites for hydroxylation is 1. The lowest BCUT2D eigenvalue weighted by Crippen LogP contribution is -2.20. The fourth-order valence-electron chi connectivity index (χ4n) is 4.06. The number of fused-ring (bicyclic) bond motifs is 1. The summed E-state index contributed by atoms with van der Waals surface area (Å²) in [5.74, 6) is 1.24. The van der Waals surface area contributed by atoms with E-state index in [1.165, 1.54) is 0 Å². The molecule has 1 heterocycles. The van der Waals surface area contributed by atoms with Crippen molar-refractivity contribution < 1.29 is 18.7 Å². The Kier molecular flexibility index (Phi) is 6.94. The highest BCUT2D eigenvalue weighted by molar-refractivity contribution is 6.30. The molecule has 1 N–H and O–H groups in total. The summed E-state index contributed by atoms with van der Waals surface area (Å²) in [5, 5.41) is 4.51. The number of allylic oxidation sites excluding steroid dienone is 1. The smallest absolute Gasteiger partial charge is 0.244 e. The van der Waals surface area contributed by atoms with E-state index >= 15 is 0 Å². The Morgan fingerprint density at radius 1 is 1.06 bits per heavy atom. The molecule has 0 spiro atoms. The van der Waals surface area contributed by atoms with Crippen LogP contribution in [-0.2, 0) is 11.3 Å². The van der Waals surface area contributed by atoms with Crippen LogP contribution in [0.3, 0.4) is 0 Å². The molecule has 0 saturated heterocycles. The number of para-hydroxylation sites is 1. The molecule has 0 radical (unpaired) electrons. The predicted molar refractivity (Wildman–Crippen MR) is 136 cm³/mol. The van der Waals surface area contributed by atoms with Gasteiger partial charge in [-0.25, -0.2) is 0 Å². The Labute approximate surface area is 203 Å². The van der Waals surface area contributed by atoms with Crippen molar-refractivity contribution in [3.63, 3.8) is 0 Å². The summed E-state index contributed by atoms with van der Waals surface area (Å²) in [6, 6.07) is 17.2. The van der Waals surface area contributed by atoms with Gasteiger partial charge in [-0.3, -0.25) is 4.79 Å². The van der Waals surface area contributed by atoms with Crippen LogP contribution in [0.1, 0.15) is 23.6 Å². The molecule has 0 saturated carbocycles. The van der Waals surface area contributed by atoms with Crippen molar-refractivity contribution in [3.05, 3.63) is 88.6 Å². The number of rotatable bonds is 7. The van der Waals surface area contributed by atoms with Gasteiger partial charge < -0.3 is 19.2 Å². The van der Waals surface area contributed by atoms with Gasteiger partial charge in [0.25, 0.3) is 0 Å². The lowest BCUT2D eigenvalue weighted by atomic mass is 9.96. The average molecular weight is 476 g/mol. The predicted octanol–water partition coefficient (Wildman–Crippen LogP) is 6.80. The van der Waals surface area contributed by atoms with Crippen LogP contribution in [0.25, 0.3) is 27.7 Å². The number of ether oxygens (including phenoxy) is 2. The number of amides is 1. The zero-order valence-corrected chi connectivity index (χ0v) is 20.3. The Hall–Kier alpha value is -3.70. The number of carbonyl (C=O) groups excluding carboxylic acids is 1. The van der Waals surface area contributed by atoms with Gasteiger partial charge in [0.1, 0.15) is 17.1 Å². The number of hydrogen-bond donors (Lipinski definition) is 1. The molecule has 34 heavy (non-hydrogen) atoms. The third kappa shape index (κ3) is 4.66. The third-order valence-electron chi connectivity index (χ3n) is 5.80. The fourth-order valence-corrected chi connectivity index (χ4v) is 4.19. The zero-order valence-electron chi connectivity index (χ0n) is 19.6. The minimum absolute atomic E-state index is 0.190. The van der Waals surface area contributed by atoms with E-state index in [-0.39, 0.29) is 5.91 Å². The maximum absolute atomic E-state index is 12.6. The van der Waals surface area contributed by atoms with E-state index in [1.807, 2.05) is 56.3 Å². The first kappa shape index (κ1) is 23.5. The number of benzene rings is 3. The van der Waals surface area contributed by atoms with Crippen LogP contribution < -0.4 is 14.8 Å². The molecule has 4 aromatic rings. The summed E-state index contributed by atoms with van der Waals surface area (Å²) >= 11 is 5.93. The third-order valence-corrected chi connectivity index (χ3v) is 6.05. The Morgan fingerprint density at radius 3 is 2.50 bits per heavy atom. The molecule has 0 aliphatic carbocycles. The summed E-state index contributed by atoms with van der Waals surface area (Å²) in [6.45, 7) is 4.26. The normalized spacial score (nSPS) is 11.5. The van der Waals surface area contributed by atoms with Gasteiger partial charge in [-0.1, -0.05) is 41.9 Å². The molecule has 5 nitrogen and oxygen atoms in total. The van der Waals surface area contributed by atoms with Crippen molar-refractivity contribution in [1.29, 1.82) is 0 Å². The van der Waals surface area contributed by atoms with Crippen LogP contribution in [0.5, 0.6) is 11.5 Å². The van der Waals surface area contributed by atoms with Gasteiger partial charge in [-0.15, -0.1) is 0 Å². The standard InChI is InChI=1S/C28H26ClNO4/c1-17(13-26(31)30-15-19-9-11-20(29)12-10-19)22-14-23-24(21-7-5-6-8-25(21)32-3)16-34-28(23)18(2)27(22)33-4/h5-14,16H,15H2,1-4H3,(H,30,31)/b17-13+. The Balaban J connectivity index is 1.70. The highest BCUT2D eigenvalue weighted by Gasteiger charge is 2.20. The highest BCUT2D eigenvalue weighted by atomic mass is 35.5. The van der Waals surface area contributed by atoms with Crippen LogP contribution >= 0.6 is 11.6 Å². The monoisotopic (exact) mass is 475 g/mol. The molecule has 0 aliphatic heterocycles. The Morgan fingerprint density at radius 2 is 1.79 bits per heavy atom.